The van der Waals surface area contributed by atoms with Crippen LogP contribution in [-0.4, -0.2) is 51.4 Å². The predicted molar refractivity (Wildman–Crippen MR) is 155 cm³/mol. The lowest BCUT2D eigenvalue weighted by Gasteiger charge is -2.31. The molecule has 2 fully saturated rings. The van der Waals surface area contributed by atoms with Crippen molar-refractivity contribution in [1.29, 1.82) is 0 Å². The molecule has 0 N–H and O–H groups in total. The molecule has 2 saturated heterocycles. The normalized spacial score (nSPS) is 17.4. The number of thiocarbonyl (C=S) groups is 1. The SMILES string of the molecule is CCn1c(=O)c(C=C2SC(=S)N(Cc3ccc(OC)cc3)C2=O)c(N2CCSCC2)c2ccccc21. The molecule has 0 bridgehead atoms. The highest BCUT2D eigenvalue weighted by Gasteiger charge is 2.33. The van der Waals surface area contributed by atoms with Crippen molar-refractivity contribution in [1.82, 2.24) is 9.47 Å². The Morgan fingerprint density at radius 3 is 2.47 bits per heavy atom. The minimum absolute atomic E-state index is 0.0788. The van der Waals surface area contributed by atoms with Gasteiger partial charge in [-0.3, -0.25) is 14.5 Å². The Hall–Kier alpha value is -2.75. The van der Waals surface area contributed by atoms with Crippen molar-refractivity contribution in [3.05, 3.63) is 74.9 Å². The van der Waals surface area contributed by atoms with Crippen LogP contribution < -0.4 is 15.2 Å². The maximum absolute atomic E-state index is 13.8. The summed E-state index contributed by atoms with van der Waals surface area (Å²) in [5, 5.41) is 1.03. The maximum Gasteiger partial charge on any atom is 0.266 e. The quantitative estimate of drug-likeness (QED) is 0.325. The number of amides is 1. The zero-order valence-corrected chi connectivity index (χ0v) is 22.7. The molecule has 3 aromatic rings. The summed E-state index contributed by atoms with van der Waals surface area (Å²) in [7, 11) is 1.62. The Bertz CT molecular complexity index is 1410. The third-order valence-corrected chi connectivity index (χ3v) is 8.79. The number of methoxy groups -OCH3 is 1. The van der Waals surface area contributed by atoms with Crippen molar-refractivity contribution >= 4 is 68.6 Å². The molecule has 5 rings (SSSR count). The van der Waals surface area contributed by atoms with Gasteiger partial charge in [0.25, 0.3) is 11.5 Å². The molecule has 36 heavy (non-hydrogen) atoms. The number of benzene rings is 2. The Balaban J connectivity index is 1.58. The van der Waals surface area contributed by atoms with Crippen molar-refractivity contribution < 1.29 is 9.53 Å². The van der Waals surface area contributed by atoms with Gasteiger partial charge in [-0.25, -0.2) is 0 Å². The number of hydrogen-bond donors (Lipinski definition) is 0. The monoisotopic (exact) mass is 537 g/mol. The van der Waals surface area contributed by atoms with Gasteiger partial charge in [0.1, 0.15) is 10.1 Å². The fraction of sp³-hybridized carbons (Fsp3) is 0.296. The van der Waals surface area contributed by atoms with E-state index in [4.69, 9.17) is 17.0 Å². The first kappa shape index (κ1) is 24.9. The number of anilines is 1. The fourth-order valence-corrected chi connectivity index (χ4v) is 6.80. The molecule has 1 aromatic heterocycles. The largest absolute Gasteiger partial charge is 0.497 e. The summed E-state index contributed by atoms with van der Waals surface area (Å²) in [5.41, 5.74) is 3.28. The predicted octanol–water partition coefficient (Wildman–Crippen LogP) is 4.98. The highest BCUT2D eigenvalue weighted by molar-refractivity contribution is 8.26. The average molecular weight is 538 g/mol. The number of hydrogen-bond acceptors (Lipinski definition) is 7. The standard InChI is InChI=1S/C27H27N3O3S3/c1-3-29-22-7-5-4-6-20(22)24(28-12-14-35-15-13-28)21(25(29)31)16-23-26(32)30(27(34)36-23)17-18-8-10-19(33-2)11-9-18/h4-11,16H,3,12-15,17H2,1-2H3. The Morgan fingerprint density at radius 2 is 1.78 bits per heavy atom. The Labute approximate surface area is 224 Å². The lowest BCUT2D eigenvalue weighted by atomic mass is 10.1. The van der Waals surface area contributed by atoms with Crippen LogP contribution in [0.15, 0.2) is 58.2 Å². The van der Waals surface area contributed by atoms with E-state index in [1.54, 1.807) is 22.7 Å². The molecule has 2 aliphatic rings. The van der Waals surface area contributed by atoms with Crippen LogP contribution in [0.5, 0.6) is 5.75 Å². The molecular weight excluding hydrogens is 511 g/mol. The number of carbonyl (C=O) groups is 1. The second kappa shape index (κ2) is 10.7. The number of ether oxygens (including phenoxy) is 1. The first-order valence-corrected chi connectivity index (χ1v) is 14.3. The number of carbonyl (C=O) groups excluding carboxylic acids is 1. The van der Waals surface area contributed by atoms with Gasteiger partial charge in [0.05, 0.1) is 35.3 Å². The summed E-state index contributed by atoms with van der Waals surface area (Å²) in [6, 6.07) is 15.6. The first-order valence-electron chi connectivity index (χ1n) is 11.9. The molecule has 0 unspecified atom stereocenters. The lowest BCUT2D eigenvalue weighted by Crippen LogP contribution is -2.35. The van der Waals surface area contributed by atoms with Gasteiger partial charge >= 0.3 is 0 Å². The summed E-state index contributed by atoms with van der Waals surface area (Å²) in [6.07, 6.45) is 1.77. The molecular formula is C27H27N3O3S3. The van der Waals surface area contributed by atoms with Crippen molar-refractivity contribution in [3.8, 4) is 5.75 Å². The minimum atomic E-state index is -0.170. The maximum atomic E-state index is 13.8. The van der Waals surface area contributed by atoms with E-state index >= 15 is 0 Å². The van der Waals surface area contributed by atoms with E-state index in [1.165, 1.54) is 11.8 Å². The van der Waals surface area contributed by atoms with Crippen LogP contribution in [0.1, 0.15) is 18.1 Å². The van der Waals surface area contributed by atoms with Gasteiger partial charge in [-0.1, -0.05) is 54.3 Å². The van der Waals surface area contributed by atoms with E-state index in [0.29, 0.717) is 27.9 Å². The van der Waals surface area contributed by atoms with E-state index in [0.717, 1.165) is 52.5 Å². The summed E-state index contributed by atoms with van der Waals surface area (Å²) in [5.74, 6) is 2.61. The highest BCUT2D eigenvalue weighted by Crippen LogP contribution is 2.37. The van der Waals surface area contributed by atoms with E-state index in [1.807, 2.05) is 61.2 Å². The number of rotatable bonds is 6. The van der Waals surface area contributed by atoms with E-state index in [9.17, 15) is 9.59 Å². The number of thioether (sulfide) groups is 2. The minimum Gasteiger partial charge on any atom is -0.497 e. The van der Waals surface area contributed by atoms with Crippen LogP contribution in [0.25, 0.3) is 17.0 Å². The summed E-state index contributed by atoms with van der Waals surface area (Å²) in [4.78, 5) is 31.6. The van der Waals surface area contributed by atoms with Gasteiger partial charge in [-0.15, -0.1) is 0 Å². The number of para-hydroxylation sites is 1. The van der Waals surface area contributed by atoms with Crippen LogP contribution >= 0.6 is 35.7 Å². The molecule has 2 aliphatic heterocycles. The van der Waals surface area contributed by atoms with Crippen LogP contribution in [0.2, 0.25) is 0 Å². The molecule has 186 valence electrons. The third-order valence-electron chi connectivity index (χ3n) is 6.47. The van der Waals surface area contributed by atoms with Gasteiger partial charge in [0.2, 0.25) is 0 Å². The van der Waals surface area contributed by atoms with E-state index in [2.05, 4.69) is 11.0 Å². The zero-order valence-electron chi connectivity index (χ0n) is 20.2. The third kappa shape index (κ3) is 4.67. The number of aryl methyl sites for hydroxylation is 1. The fourth-order valence-electron chi connectivity index (χ4n) is 4.66. The molecule has 0 saturated carbocycles. The molecule has 6 nitrogen and oxygen atoms in total. The summed E-state index contributed by atoms with van der Waals surface area (Å²) < 4.78 is 7.52. The molecule has 9 heteroatoms. The van der Waals surface area contributed by atoms with Gasteiger partial charge in [0, 0.05) is 36.5 Å². The Morgan fingerprint density at radius 1 is 1.06 bits per heavy atom. The summed E-state index contributed by atoms with van der Waals surface area (Å²) >= 11 is 8.76. The summed E-state index contributed by atoms with van der Waals surface area (Å²) in [6.45, 7) is 4.63. The van der Waals surface area contributed by atoms with Crippen molar-refractivity contribution in [2.45, 2.75) is 20.0 Å². The molecule has 0 radical (unpaired) electrons. The number of nitrogens with zero attached hydrogens (tertiary/aromatic N) is 3. The van der Waals surface area contributed by atoms with Gasteiger partial charge in [-0.05, 0) is 36.8 Å². The van der Waals surface area contributed by atoms with E-state index < -0.39 is 0 Å². The molecule has 0 atom stereocenters. The molecule has 0 spiro atoms. The molecule has 0 aliphatic carbocycles. The second-order valence-corrected chi connectivity index (χ2v) is 11.4. The van der Waals surface area contributed by atoms with Crippen molar-refractivity contribution in [3.63, 3.8) is 0 Å². The molecule has 3 heterocycles. The number of pyridine rings is 1. The topological polar surface area (TPSA) is 54.8 Å². The Kier molecular flexibility index (Phi) is 7.41. The van der Waals surface area contributed by atoms with Gasteiger partial charge < -0.3 is 14.2 Å². The lowest BCUT2D eigenvalue weighted by molar-refractivity contribution is -0.122. The van der Waals surface area contributed by atoms with E-state index in [-0.39, 0.29) is 11.5 Å². The smallest absolute Gasteiger partial charge is 0.266 e. The first-order chi connectivity index (χ1) is 17.5. The molecule has 1 amide bonds. The number of aromatic nitrogens is 1. The number of fused-ring (bicyclic) bond motifs is 1. The van der Waals surface area contributed by atoms with Crippen molar-refractivity contribution in [2.75, 3.05) is 36.6 Å². The van der Waals surface area contributed by atoms with Crippen molar-refractivity contribution in [2.24, 2.45) is 0 Å². The van der Waals surface area contributed by atoms with Gasteiger partial charge in [0.15, 0.2) is 0 Å². The second-order valence-electron chi connectivity index (χ2n) is 8.54. The highest BCUT2D eigenvalue weighted by atomic mass is 32.2. The van der Waals surface area contributed by atoms with Gasteiger partial charge in [-0.2, -0.15) is 11.8 Å². The average Bonchev–Trinajstić information content (AvgIpc) is 3.17. The van der Waals surface area contributed by atoms with Crippen LogP contribution in [0.3, 0.4) is 0 Å². The van der Waals surface area contributed by atoms with Crippen LogP contribution in [0, 0.1) is 0 Å². The molecule has 2 aromatic carbocycles. The zero-order chi connectivity index (χ0) is 25.2. The van der Waals surface area contributed by atoms with Crippen LogP contribution in [0.4, 0.5) is 5.69 Å². The van der Waals surface area contributed by atoms with Crippen LogP contribution in [-0.2, 0) is 17.9 Å².